The summed E-state index contributed by atoms with van der Waals surface area (Å²) < 4.78 is 2.51. The first kappa shape index (κ1) is 10.1. The molecule has 0 aliphatic heterocycles. The van der Waals surface area contributed by atoms with Crippen LogP contribution in [-0.4, -0.2) is 9.78 Å². The van der Waals surface area contributed by atoms with Crippen LogP contribution in [0, 0.1) is 9.49 Å². The molecule has 0 N–H and O–H groups in total. The highest BCUT2D eigenvalue weighted by Gasteiger charge is 2.16. The number of halogens is 1. The van der Waals surface area contributed by atoms with Crippen molar-refractivity contribution in [3.05, 3.63) is 26.2 Å². The molecule has 1 saturated carbocycles. The largest absolute Gasteiger partial charge is 0.268 e. The van der Waals surface area contributed by atoms with Gasteiger partial charge >= 0.3 is 0 Å². The Kier molecular flexibility index (Phi) is 3.20. The maximum Gasteiger partial charge on any atom is 0.267 e. The van der Waals surface area contributed by atoms with Crippen LogP contribution >= 0.6 is 22.6 Å². The highest BCUT2D eigenvalue weighted by atomic mass is 127. The van der Waals surface area contributed by atoms with Crippen molar-refractivity contribution >= 4 is 22.6 Å². The van der Waals surface area contributed by atoms with E-state index >= 15 is 0 Å². The van der Waals surface area contributed by atoms with E-state index in [-0.39, 0.29) is 5.56 Å². The number of hydrogen-bond acceptors (Lipinski definition) is 2. The first-order valence-corrected chi connectivity index (χ1v) is 6.06. The summed E-state index contributed by atoms with van der Waals surface area (Å²) in [5.74, 6) is 0.667. The van der Waals surface area contributed by atoms with Gasteiger partial charge in [0.2, 0.25) is 0 Å². The Hall–Kier alpha value is -0.390. The summed E-state index contributed by atoms with van der Waals surface area (Å²) in [7, 11) is 0. The van der Waals surface area contributed by atoms with E-state index in [0.717, 1.165) is 10.1 Å². The van der Waals surface area contributed by atoms with Crippen molar-refractivity contribution in [3.63, 3.8) is 0 Å². The molecule has 1 aromatic rings. The molecule has 0 saturated heterocycles. The minimum atomic E-state index is 0.0313. The van der Waals surface area contributed by atoms with Crippen LogP contribution in [0.4, 0.5) is 0 Å². The minimum absolute atomic E-state index is 0.0313. The van der Waals surface area contributed by atoms with Gasteiger partial charge in [-0.2, -0.15) is 5.10 Å². The van der Waals surface area contributed by atoms with Crippen LogP contribution in [0.5, 0.6) is 0 Å². The number of hydrogen-bond donors (Lipinski definition) is 0. The molecule has 1 aliphatic carbocycles. The molecule has 0 bridgehead atoms. The topological polar surface area (TPSA) is 34.9 Å². The van der Waals surface area contributed by atoms with Gasteiger partial charge in [0.25, 0.3) is 5.56 Å². The zero-order valence-electron chi connectivity index (χ0n) is 7.95. The van der Waals surface area contributed by atoms with Crippen LogP contribution in [0.2, 0.25) is 0 Å². The lowest BCUT2D eigenvalue weighted by Crippen LogP contribution is -2.25. The van der Waals surface area contributed by atoms with Crippen LogP contribution in [0.3, 0.4) is 0 Å². The Labute approximate surface area is 96.7 Å². The summed E-state index contributed by atoms with van der Waals surface area (Å²) in [4.78, 5) is 11.5. The molecule has 1 heterocycles. The van der Waals surface area contributed by atoms with E-state index in [1.807, 2.05) is 0 Å². The summed E-state index contributed by atoms with van der Waals surface area (Å²) in [6, 6.07) is 1.64. The maximum absolute atomic E-state index is 11.5. The molecule has 14 heavy (non-hydrogen) atoms. The minimum Gasteiger partial charge on any atom is -0.268 e. The van der Waals surface area contributed by atoms with E-state index in [0.29, 0.717) is 5.92 Å². The van der Waals surface area contributed by atoms with E-state index in [1.54, 1.807) is 16.9 Å². The van der Waals surface area contributed by atoms with Gasteiger partial charge in [-0.1, -0.05) is 12.8 Å². The number of aromatic nitrogens is 2. The molecule has 4 heteroatoms. The summed E-state index contributed by atoms with van der Waals surface area (Å²) in [6.07, 6.45) is 6.87. The van der Waals surface area contributed by atoms with Crippen molar-refractivity contribution in [1.82, 2.24) is 9.78 Å². The average Bonchev–Trinajstić information content (AvgIpc) is 2.62. The third-order valence-corrected chi connectivity index (χ3v) is 3.33. The second kappa shape index (κ2) is 4.42. The van der Waals surface area contributed by atoms with Crippen LogP contribution in [0.25, 0.3) is 0 Å². The molecule has 3 nitrogen and oxygen atoms in total. The van der Waals surface area contributed by atoms with Crippen LogP contribution in [0.15, 0.2) is 17.1 Å². The SMILES string of the molecule is O=c1cc(I)cnn1CC1CCCC1. The fourth-order valence-corrected chi connectivity index (χ4v) is 2.38. The highest BCUT2D eigenvalue weighted by molar-refractivity contribution is 14.1. The van der Waals surface area contributed by atoms with E-state index in [9.17, 15) is 4.79 Å². The fraction of sp³-hybridized carbons (Fsp3) is 0.600. The van der Waals surface area contributed by atoms with Crippen molar-refractivity contribution in [3.8, 4) is 0 Å². The predicted molar refractivity (Wildman–Crippen MR) is 63.2 cm³/mol. The number of nitrogens with zero attached hydrogens (tertiary/aromatic N) is 2. The lowest BCUT2D eigenvalue weighted by Gasteiger charge is -2.09. The Morgan fingerprint density at radius 1 is 1.50 bits per heavy atom. The van der Waals surface area contributed by atoms with Crippen LogP contribution in [-0.2, 0) is 6.54 Å². The van der Waals surface area contributed by atoms with Gasteiger partial charge in [-0.3, -0.25) is 4.79 Å². The average molecular weight is 304 g/mol. The molecular formula is C10H13IN2O. The summed E-state index contributed by atoms with van der Waals surface area (Å²) in [6.45, 7) is 0.801. The zero-order valence-corrected chi connectivity index (χ0v) is 10.1. The van der Waals surface area contributed by atoms with Crippen LogP contribution < -0.4 is 5.56 Å². The molecule has 0 spiro atoms. The lowest BCUT2D eigenvalue weighted by molar-refractivity contribution is 0.414. The van der Waals surface area contributed by atoms with Crippen molar-refractivity contribution in [1.29, 1.82) is 0 Å². The van der Waals surface area contributed by atoms with E-state index < -0.39 is 0 Å². The van der Waals surface area contributed by atoms with E-state index in [4.69, 9.17) is 0 Å². The second-order valence-electron chi connectivity index (χ2n) is 3.84. The predicted octanol–water partition coefficient (Wildman–Crippen LogP) is 2.04. The third-order valence-electron chi connectivity index (χ3n) is 2.74. The van der Waals surface area contributed by atoms with Gasteiger partial charge < -0.3 is 0 Å². The van der Waals surface area contributed by atoms with E-state index in [1.165, 1.54) is 25.7 Å². The van der Waals surface area contributed by atoms with Gasteiger partial charge in [-0.25, -0.2) is 4.68 Å². The van der Waals surface area contributed by atoms with Crippen molar-refractivity contribution in [2.24, 2.45) is 5.92 Å². The summed E-state index contributed by atoms with van der Waals surface area (Å²) in [5, 5.41) is 4.14. The molecule has 2 rings (SSSR count). The molecule has 1 aliphatic rings. The van der Waals surface area contributed by atoms with Crippen LogP contribution in [0.1, 0.15) is 25.7 Å². The Morgan fingerprint density at radius 3 is 2.86 bits per heavy atom. The normalized spacial score (nSPS) is 17.5. The molecule has 0 amide bonds. The molecule has 0 aromatic carbocycles. The van der Waals surface area contributed by atoms with Crippen molar-refractivity contribution in [2.45, 2.75) is 32.2 Å². The summed E-state index contributed by atoms with van der Waals surface area (Å²) >= 11 is 2.11. The Morgan fingerprint density at radius 2 is 2.21 bits per heavy atom. The summed E-state index contributed by atoms with van der Waals surface area (Å²) in [5.41, 5.74) is 0.0313. The first-order valence-electron chi connectivity index (χ1n) is 4.98. The van der Waals surface area contributed by atoms with Crippen molar-refractivity contribution < 1.29 is 0 Å². The van der Waals surface area contributed by atoms with Gasteiger partial charge in [-0.05, 0) is 41.4 Å². The number of rotatable bonds is 2. The zero-order chi connectivity index (χ0) is 9.97. The first-order chi connectivity index (χ1) is 6.75. The molecule has 0 unspecified atom stereocenters. The second-order valence-corrected chi connectivity index (χ2v) is 5.09. The monoisotopic (exact) mass is 304 g/mol. The molecule has 0 atom stereocenters. The van der Waals surface area contributed by atoms with Gasteiger partial charge in [0.1, 0.15) is 0 Å². The maximum atomic E-state index is 11.5. The third kappa shape index (κ3) is 2.34. The molecule has 1 fully saturated rings. The quantitative estimate of drug-likeness (QED) is 0.784. The molecule has 0 radical (unpaired) electrons. The van der Waals surface area contributed by atoms with Gasteiger partial charge in [0.05, 0.1) is 6.20 Å². The molecular weight excluding hydrogens is 291 g/mol. The lowest BCUT2D eigenvalue weighted by atomic mass is 10.1. The van der Waals surface area contributed by atoms with Gasteiger partial charge in [0, 0.05) is 16.2 Å². The standard InChI is InChI=1S/C10H13IN2O/c11-9-5-10(14)13(12-6-9)7-8-3-1-2-4-8/h5-6,8H,1-4,7H2. The molecule has 76 valence electrons. The fourth-order valence-electron chi connectivity index (χ4n) is 1.99. The Balaban J connectivity index is 2.12. The smallest absolute Gasteiger partial charge is 0.267 e. The highest BCUT2D eigenvalue weighted by Crippen LogP contribution is 2.25. The van der Waals surface area contributed by atoms with Crippen molar-refractivity contribution in [2.75, 3.05) is 0 Å². The van der Waals surface area contributed by atoms with Gasteiger partial charge in [-0.15, -0.1) is 0 Å². The van der Waals surface area contributed by atoms with Gasteiger partial charge in [0.15, 0.2) is 0 Å². The Bertz CT molecular complexity index is 369. The van der Waals surface area contributed by atoms with E-state index in [2.05, 4.69) is 27.7 Å². The molecule has 1 aromatic heterocycles.